The Labute approximate surface area is 123 Å². The Balaban J connectivity index is 2.13. The van der Waals surface area contributed by atoms with Crippen molar-refractivity contribution in [1.82, 2.24) is 10.3 Å². The fourth-order valence-electron chi connectivity index (χ4n) is 2.04. The van der Waals surface area contributed by atoms with Gasteiger partial charge < -0.3 is 21.1 Å². The van der Waals surface area contributed by atoms with Gasteiger partial charge in [-0.2, -0.15) is 0 Å². The van der Waals surface area contributed by atoms with Gasteiger partial charge in [0.2, 0.25) is 5.91 Å². The minimum Gasteiger partial charge on any atom is -0.398 e. The van der Waals surface area contributed by atoms with E-state index in [-0.39, 0.29) is 11.9 Å². The number of anilines is 2. The highest BCUT2D eigenvalue weighted by Crippen LogP contribution is 2.26. The molecular formula is C15H20N4O2. The molecular weight excluding hydrogens is 268 g/mol. The van der Waals surface area contributed by atoms with Crippen molar-refractivity contribution in [2.75, 3.05) is 31.3 Å². The lowest BCUT2D eigenvalue weighted by molar-refractivity contribution is -0.121. The second kappa shape index (κ2) is 6.90. The average molecular weight is 288 g/mol. The molecule has 0 bridgehead atoms. The van der Waals surface area contributed by atoms with Crippen molar-refractivity contribution in [3.63, 3.8) is 0 Å². The van der Waals surface area contributed by atoms with Gasteiger partial charge in [-0.05, 0) is 31.2 Å². The van der Waals surface area contributed by atoms with Gasteiger partial charge in [0, 0.05) is 30.9 Å². The monoisotopic (exact) mass is 288 g/mol. The molecule has 0 spiro atoms. The molecule has 0 radical (unpaired) electrons. The van der Waals surface area contributed by atoms with Crippen molar-refractivity contribution < 1.29 is 9.53 Å². The first-order chi connectivity index (χ1) is 10.1. The third kappa shape index (κ3) is 3.61. The van der Waals surface area contributed by atoms with E-state index in [2.05, 4.69) is 15.6 Å². The predicted molar refractivity (Wildman–Crippen MR) is 84.1 cm³/mol. The maximum atomic E-state index is 12.0. The van der Waals surface area contributed by atoms with Gasteiger partial charge in [-0.15, -0.1) is 0 Å². The quantitative estimate of drug-likeness (QED) is 0.552. The summed E-state index contributed by atoms with van der Waals surface area (Å²) in [5.41, 5.74) is 8.15. The summed E-state index contributed by atoms with van der Waals surface area (Å²) in [6.45, 7) is 2.78. The van der Waals surface area contributed by atoms with Crippen LogP contribution in [0.3, 0.4) is 0 Å². The Morgan fingerprint density at radius 3 is 3.00 bits per heavy atom. The van der Waals surface area contributed by atoms with Crippen molar-refractivity contribution in [3.8, 4) is 0 Å². The molecule has 0 aliphatic rings. The number of methoxy groups -OCH3 is 1. The first-order valence-corrected chi connectivity index (χ1v) is 6.80. The number of hydrogen-bond acceptors (Lipinski definition) is 5. The van der Waals surface area contributed by atoms with Crippen LogP contribution in [0, 0.1) is 0 Å². The van der Waals surface area contributed by atoms with Crippen molar-refractivity contribution >= 4 is 28.2 Å². The molecule has 1 atom stereocenters. The van der Waals surface area contributed by atoms with E-state index in [9.17, 15) is 4.79 Å². The molecule has 1 unspecified atom stereocenters. The fourth-order valence-corrected chi connectivity index (χ4v) is 2.04. The highest BCUT2D eigenvalue weighted by atomic mass is 16.5. The van der Waals surface area contributed by atoms with Gasteiger partial charge in [-0.3, -0.25) is 9.78 Å². The number of nitrogens with zero attached hydrogens (tertiary/aromatic N) is 1. The number of hydrogen-bond donors (Lipinski definition) is 3. The Kier molecular flexibility index (Phi) is 4.94. The van der Waals surface area contributed by atoms with Crippen LogP contribution in [-0.2, 0) is 9.53 Å². The largest absolute Gasteiger partial charge is 0.398 e. The molecule has 1 aromatic carbocycles. The molecule has 0 saturated heterocycles. The standard InChI is InChI=1S/C15H20N4O2/c1-10(15(20)18-8-9-21-2)19-13-6-5-12(16)11-4-3-7-17-14(11)13/h3-7,10,19H,8-9,16H2,1-2H3,(H,18,20). The zero-order valence-electron chi connectivity index (χ0n) is 12.2. The molecule has 0 aliphatic heterocycles. The molecule has 6 nitrogen and oxygen atoms in total. The summed E-state index contributed by atoms with van der Waals surface area (Å²) < 4.78 is 4.90. The van der Waals surface area contributed by atoms with Crippen LogP contribution in [0.4, 0.5) is 11.4 Å². The van der Waals surface area contributed by atoms with E-state index in [0.29, 0.717) is 18.8 Å². The summed E-state index contributed by atoms with van der Waals surface area (Å²) in [7, 11) is 1.60. The normalized spacial score (nSPS) is 12.1. The van der Waals surface area contributed by atoms with E-state index in [1.807, 2.05) is 24.3 Å². The number of rotatable bonds is 6. The maximum Gasteiger partial charge on any atom is 0.242 e. The number of nitrogens with one attached hydrogen (secondary N) is 2. The van der Waals surface area contributed by atoms with Crippen molar-refractivity contribution in [3.05, 3.63) is 30.5 Å². The first-order valence-electron chi connectivity index (χ1n) is 6.80. The van der Waals surface area contributed by atoms with Crippen LogP contribution in [0.2, 0.25) is 0 Å². The average Bonchev–Trinajstić information content (AvgIpc) is 2.50. The molecule has 1 heterocycles. The van der Waals surface area contributed by atoms with Gasteiger partial charge in [-0.1, -0.05) is 0 Å². The molecule has 0 aliphatic carbocycles. The summed E-state index contributed by atoms with van der Waals surface area (Å²) in [4.78, 5) is 16.3. The smallest absolute Gasteiger partial charge is 0.242 e. The minimum absolute atomic E-state index is 0.0899. The maximum absolute atomic E-state index is 12.0. The molecule has 0 fully saturated rings. The van der Waals surface area contributed by atoms with E-state index in [4.69, 9.17) is 10.5 Å². The molecule has 4 N–H and O–H groups in total. The lowest BCUT2D eigenvalue weighted by Crippen LogP contribution is -2.39. The zero-order valence-corrected chi connectivity index (χ0v) is 12.2. The van der Waals surface area contributed by atoms with Gasteiger partial charge in [0.1, 0.15) is 6.04 Å². The lowest BCUT2D eigenvalue weighted by atomic mass is 10.1. The molecule has 2 rings (SSSR count). The molecule has 0 saturated carbocycles. The van der Waals surface area contributed by atoms with Gasteiger partial charge in [0.25, 0.3) is 0 Å². The number of fused-ring (bicyclic) bond motifs is 1. The predicted octanol–water partition coefficient (Wildman–Crippen LogP) is 1.38. The van der Waals surface area contributed by atoms with E-state index in [1.165, 1.54) is 0 Å². The van der Waals surface area contributed by atoms with Crippen molar-refractivity contribution in [2.45, 2.75) is 13.0 Å². The van der Waals surface area contributed by atoms with Gasteiger partial charge in [0.15, 0.2) is 0 Å². The third-order valence-corrected chi connectivity index (χ3v) is 3.17. The summed E-state index contributed by atoms with van der Waals surface area (Å²) in [6, 6.07) is 7.01. The van der Waals surface area contributed by atoms with E-state index >= 15 is 0 Å². The van der Waals surface area contributed by atoms with Gasteiger partial charge >= 0.3 is 0 Å². The Bertz CT molecular complexity index is 630. The first kappa shape index (κ1) is 15.1. The van der Waals surface area contributed by atoms with Crippen LogP contribution in [0.15, 0.2) is 30.5 Å². The summed E-state index contributed by atoms with van der Waals surface area (Å²) in [5, 5.41) is 6.83. The van der Waals surface area contributed by atoms with E-state index < -0.39 is 0 Å². The number of ether oxygens (including phenoxy) is 1. The van der Waals surface area contributed by atoms with Crippen LogP contribution in [0.5, 0.6) is 0 Å². The Morgan fingerprint density at radius 2 is 2.24 bits per heavy atom. The van der Waals surface area contributed by atoms with Gasteiger partial charge in [-0.25, -0.2) is 0 Å². The summed E-state index contributed by atoms with van der Waals surface area (Å²) >= 11 is 0. The van der Waals surface area contributed by atoms with Crippen LogP contribution in [0.25, 0.3) is 10.9 Å². The number of nitrogen functional groups attached to an aromatic ring is 1. The SMILES string of the molecule is COCCNC(=O)C(C)Nc1ccc(N)c2cccnc12. The highest BCUT2D eigenvalue weighted by molar-refractivity contribution is 5.99. The number of carbonyl (C=O) groups is 1. The molecule has 6 heteroatoms. The fraction of sp³-hybridized carbons (Fsp3) is 0.333. The van der Waals surface area contributed by atoms with E-state index in [1.54, 1.807) is 20.2 Å². The summed E-state index contributed by atoms with van der Waals surface area (Å²) in [6.07, 6.45) is 1.70. The highest BCUT2D eigenvalue weighted by Gasteiger charge is 2.14. The minimum atomic E-state index is -0.379. The van der Waals surface area contributed by atoms with E-state index in [0.717, 1.165) is 16.6 Å². The lowest BCUT2D eigenvalue weighted by Gasteiger charge is -2.16. The topological polar surface area (TPSA) is 89.3 Å². The Morgan fingerprint density at radius 1 is 1.43 bits per heavy atom. The molecule has 112 valence electrons. The number of aromatic nitrogens is 1. The van der Waals surface area contributed by atoms with Crippen LogP contribution in [-0.4, -0.2) is 37.2 Å². The number of pyridine rings is 1. The molecule has 1 amide bonds. The van der Waals surface area contributed by atoms with Crippen LogP contribution < -0.4 is 16.4 Å². The van der Waals surface area contributed by atoms with Crippen molar-refractivity contribution in [2.24, 2.45) is 0 Å². The number of nitrogens with two attached hydrogens (primary N) is 1. The van der Waals surface area contributed by atoms with Crippen molar-refractivity contribution in [1.29, 1.82) is 0 Å². The zero-order chi connectivity index (χ0) is 15.2. The van der Waals surface area contributed by atoms with Crippen LogP contribution >= 0.6 is 0 Å². The third-order valence-electron chi connectivity index (χ3n) is 3.17. The second-order valence-electron chi connectivity index (χ2n) is 4.75. The molecule has 2 aromatic rings. The number of amides is 1. The summed E-state index contributed by atoms with van der Waals surface area (Å²) in [5.74, 6) is -0.0899. The van der Waals surface area contributed by atoms with Gasteiger partial charge in [0.05, 0.1) is 17.8 Å². The number of benzene rings is 1. The second-order valence-corrected chi connectivity index (χ2v) is 4.75. The Hall–Kier alpha value is -2.34. The molecule has 21 heavy (non-hydrogen) atoms. The molecule has 1 aromatic heterocycles. The number of carbonyl (C=O) groups excluding carboxylic acids is 1. The van der Waals surface area contributed by atoms with Crippen LogP contribution in [0.1, 0.15) is 6.92 Å².